The van der Waals surface area contributed by atoms with E-state index in [1.807, 2.05) is 84.9 Å². The molecule has 58 heavy (non-hydrogen) atoms. The van der Waals surface area contributed by atoms with Gasteiger partial charge in [-0.3, -0.25) is 4.79 Å². The minimum atomic E-state index is 0.0539. The van der Waals surface area contributed by atoms with Crippen LogP contribution in [0.15, 0.2) is 211 Å². The van der Waals surface area contributed by atoms with Gasteiger partial charge >= 0.3 is 0 Å². The molecule has 0 saturated heterocycles. The van der Waals surface area contributed by atoms with E-state index < -0.39 is 0 Å². The van der Waals surface area contributed by atoms with Crippen LogP contribution in [0, 0.1) is 0 Å². The van der Waals surface area contributed by atoms with Gasteiger partial charge in [-0.25, -0.2) is 9.97 Å². The third-order valence-corrected chi connectivity index (χ3v) is 11.1. The maximum absolute atomic E-state index is 13.4. The molecule has 272 valence electrons. The van der Waals surface area contributed by atoms with Crippen LogP contribution >= 0.6 is 0 Å². The van der Waals surface area contributed by atoms with Crippen LogP contribution in [0.4, 0.5) is 0 Å². The molecule has 0 bridgehead atoms. The molecule has 5 heteroatoms. The van der Waals surface area contributed by atoms with Crippen LogP contribution in [0.25, 0.3) is 100 Å². The van der Waals surface area contributed by atoms with Crippen LogP contribution in [-0.2, 0) is 0 Å². The monoisotopic (exact) mass is 742 g/mol. The molecule has 0 aliphatic heterocycles. The van der Waals surface area contributed by atoms with E-state index in [4.69, 9.17) is 9.97 Å². The van der Waals surface area contributed by atoms with Gasteiger partial charge in [0.2, 0.25) is 0 Å². The molecule has 3 heterocycles. The molecule has 0 fully saturated rings. The average Bonchev–Trinajstić information content (AvgIpc) is 3.63. The van der Waals surface area contributed by atoms with E-state index in [0.29, 0.717) is 16.6 Å². The van der Waals surface area contributed by atoms with E-state index >= 15 is 0 Å². The topological polar surface area (TPSA) is 52.7 Å². The van der Waals surface area contributed by atoms with Gasteiger partial charge in [0.15, 0.2) is 11.3 Å². The molecule has 0 spiro atoms. The van der Waals surface area contributed by atoms with Gasteiger partial charge in [-0.2, -0.15) is 0 Å². The highest BCUT2D eigenvalue weighted by molar-refractivity contribution is 6.10. The largest absolute Gasteiger partial charge is 0.309 e. The van der Waals surface area contributed by atoms with Crippen molar-refractivity contribution in [1.82, 2.24) is 19.1 Å². The zero-order chi connectivity index (χ0) is 38.6. The number of hydrogen-bond acceptors (Lipinski definition) is 3. The first-order chi connectivity index (χ1) is 28.7. The van der Waals surface area contributed by atoms with Crippen LogP contribution in [0.3, 0.4) is 0 Å². The second-order valence-corrected chi connectivity index (χ2v) is 14.6. The predicted molar refractivity (Wildman–Crippen MR) is 239 cm³/mol. The van der Waals surface area contributed by atoms with Gasteiger partial charge in [0.25, 0.3) is 0 Å². The Hall–Kier alpha value is -7.89. The summed E-state index contributed by atoms with van der Waals surface area (Å²) in [5.41, 5.74) is 13.2. The van der Waals surface area contributed by atoms with Gasteiger partial charge in [0.1, 0.15) is 0 Å². The normalized spacial score (nSPS) is 11.5. The van der Waals surface area contributed by atoms with E-state index in [0.717, 1.165) is 72.6 Å². The van der Waals surface area contributed by atoms with Crippen molar-refractivity contribution in [2.24, 2.45) is 0 Å². The standard InChI is InChI=1S/C53H34N4O/c58-52-43-21-8-11-24-49(43)57(50-25-12-9-22-44(50)52)41-29-27-40(28-30-41)56-48-23-10-7-20-42(48)45-33-38(26-31-51(45)56)37-18-13-19-39(32-37)53-54-46(35-14-3-1-4-15-35)34-47(55-53)36-16-5-2-6-17-36/h1-34H. The Kier molecular flexibility index (Phi) is 7.90. The zero-order valence-electron chi connectivity index (χ0n) is 31.3. The number of pyridine rings is 1. The molecular weight excluding hydrogens is 709 g/mol. The van der Waals surface area contributed by atoms with Crippen molar-refractivity contribution in [3.63, 3.8) is 0 Å². The van der Waals surface area contributed by atoms with Crippen molar-refractivity contribution < 1.29 is 0 Å². The second-order valence-electron chi connectivity index (χ2n) is 14.6. The zero-order valence-corrected chi connectivity index (χ0v) is 31.3. The summed E-state index contributed by atoms with van der Waals surface area (Å²) in [5, 5.41) is 3.77. The van der Waals surface area contributed by atoms with Crippen molar-refractivity contribution in [2.75, 3.05) is 0 Å². The molecule has 0 amide bonds. The highest BCUT2D eigenvalue weighted by Crippen LogP contribution is 2.37. The van der Waals surface area contributed by atoms with Gasteiger partial charge in [-0.1, -0.05) is 127 Å². The Labute approximate surface area is 334 Å². The molecule has 0 aliphatic carbocycles. The molecule has 0 atom stereocenters. The smallest absolute Gasteiger partial charge is 0.197 e. The van der Waals surface area contributed by atoms with E-state index in [1.54, 1.807) is 0 Å². The van der Waals surface area contributed by atoms with Crippen molar-refractivity contribution in [3.05, 3.63) is 216 Å². The van der Waals surface area contributed by atoms with E-state index in [-0.39, 0.29) is 5.43 Å². The lowest BCUT2D eigenvalue weighted by atomic mass is 10.00. The van der Waals surface area contributed by atoms with Crippen LogP contribution in [-0.4, -0.2) is 19.1 Å². The van der Waals surface area contributed by atoms with E-state index in [9.17, 15) is 4.79 Å². The summed E-state index contributed by atoms with van der Waals surface area (Å²) in [4.78, 5) is 23.6. The molecule has 0 radical (unpaired) electrons. The Morgan fingerprint density at radius 3 is 1.31 bits per heavy atom. The minimum absolute atomic E-state index is 0.0539. The van der Waals surface area contributed by atoms with Gasteiger partial charge < -0.3 is 9.13 Å². The lowest BCUT2D eigenvalue weighted by Crippen LogP contribution is -2.10. The number of aromatic nitrogens is 4. The first-order valence-electron chi connectivity index (χ1n) is 19.5. The van der Waals surface area contributed by atoms with Gasteiger partial charge in [-0.15, -0.1) is 0 Å². The summed E-state index contributed by atoms with van der Waals surface area (Å²) in [6.07, 6.45) is 0. The lowest BCUT2D eigenvalue weighted by molar-refractivity contribution is 1.14. The maximum atomic E-state index is 13.4. The first-order valence-corrected chi connectivity index (χ1v) is 19.5. The summed E-state index contributed by atoms with van der Waals surface area (Å²) in [5.74, 6) is 0.686. The first kappa shape index (κ1) is 33.4. The fourth-order valence-corrected chi connectivity index (χ4v) is 8.38. The lowest BCUT2D eigenvalue weighted by Gasteiger charge is -2.16. The predicted octanol–water partition coefficient (Wildman–Crippen LogP) is 12.7. The molecule has 0 unspecified atom stereocenters. The molecule has 0 N–H and O–H groups in total. The van der Waals surface area contributed by atoms with E-state index in [1.165, 1.54) is 10.8 Å². The maximum Gasteiger partial charge on any atom is 0.197 e. The SMILES string of the molecule is O=c1c2ccccc2n(-c2ccc(-n3c4ccccc4c4cc(-c5cccc(-c6nc(-c7ccccc7)cc(-c7ccccc7)n6)c5)ccc43)cc2)c2ccccc12. The number of rotatable bonds is 6. The Balaban J connectivity index is 1.01. The molecule has 8 aromatic carbocycles. The molecule has 3 aromatic heterocycles. The van der Waals surface area contributed by atoms with Crippen molar-refractivity contribution >= 4 is 43.6 Å². The van der Waals surface area contributed by atoms with Crippen LogP contribution in [0.1, 0.15) is 0 Å². The Morgan fingerprint density at radius 2 is 0.741 bits per heavy atom. The van der Waals surface area contributed by atoms with Gasteiger partial charge in [0.05, 0.1) is 33.5 Å². The van der Waals surface area contributed by atoms with Crippen molar-refractivity contribution in [2.45, 2.75) is 0 Å². The van der Waals surface area contributed by atoms with Crippen LogP contribution < -0.4 is 5.43 Å². The van der Waals surface area contributed by atoms with Crippen molar-refractivity contribution in [1.29, 1.82) is 0 Å². The highest BCUT2D eigenvalue weighted by atomic mass is 16.1. The Morgan fingerprint density at radius 1 is 0.310 bits per heavy atom. The Bertz CT molecular complexity index is 3290. The van der Waals surface area contributed by atoms with Gasteiger partial charge in [-0.05, 0) is 90.0 Å². The second kappa shape index (κ2) is 13.7. The third kappa shape index (κ3) is 5.60. The molecular formula is C53H34N4O. The fraction of sp³-hybridized carbons (Fsp3) is 0. The summed E-state index contributed by atoms with van der Waals surface area (Å²) in [6, 6.07) is 70.9. The molecule has 11 aromatic rings. The molecule has 0 aliphatic rings. The molecule has 0 saturated carbocycles. The highest BCUT2D eigenvalue weighted by Gasteiger charge is 2.17. The number of fused-ring (bicyclic) bond motifs is 5. The number of para-hydroxylation sites is 3. The average molecular weight is 743 g/mol. The minimum Gasteiger partial charge on any atom is -0.309 e. The summed E-state index contributed by atoms with van der Waals surface area (Å²) < 4.78 is 4.53. The quantitative estimate of drug-likeness (QED) is 0.159. The van der Waals surface area contributed by atoms with E-state index in [2.05, 4.69) is 130 Å². The fourth-order valence-electron chi connectivity index (χ4n) is 8.38. The van der Waals surface area contributed by atoms with Gasteiger partial charge in [0, 0.05) is 49.6 Å². The molecule has 11 rings (SSSR count). The van der Waals surface area contributed by atoms with Crippen molar-refractivity contribution in [3.8, 4) is 56.4 Å². The number of hydrogen-bond donors (Lipinski definition) is 0. The van der Waals surface area contributed by atoms with Crippen LogP contribution in [0.5, 0.6) is 0 Å². The number of benzene rings is 8. The summed E-state index contributed by atoms with van der Waals surface area (Å²) in [6.45, 7) is 0. The van der Waals surface area contributed by atoms with Crippen LogP contribution in [0.2, 0.25) is 0 Å². The summed E-state index contributed by atoms with van der Waals surface area (Å²) >= 11 is 0. The number of nitrogens with zero attached hydrogens (tertiary/aromatic N) is 4. The molecule has 5 nitrogen and oxygen atoms in total. The summed E-state index contributed by atoms with van der Waals surface area (Å²) in [7, 11) is 0. The third-order valence-electron chi connectivity index (χ3n) is 11.1.